The average Bonchev–Trinajstić information content (AvgIpc) is 2.62. The molecule has 3 rings (SSSR count). The van der Waals surface area contributed by atoms with Gasteiger partial charge in [0.05, 0.1) is 5.69 Å². The van der Waals surface area contributed by atoms with E-state index < -0.39 is 17.9 Å². The van der Waals surface area contributed by atoms with Gasteiger partial charge in [0.1, 0.15) is 11.9 Å². The van der Waals surface area contributed by atoms with Crippen LogP contribution in [-0.2, 0) is 5.41 Å². The van der Waals surface area contributed by atoms with Gasteiger partial charge >= 0.3 is 6.36 Å². The summed E-state index contributed by atoms with van der Waals surface area (Å²) in [5.74, 6) is -0.264. The zero-order valence-electron chi connectivity index (χ0n) is 14.4. The van der Waals surface area contributed by atoms with E-state index in [4.69, 9.17) is 0 Å². The van der Waals surface area contributed by atoms with Crippen LogP contribution in [0.5, 0.6) is 5.75 Å². The second kappa shape index (κ2) is 7.25. The summed E-state index contributed by atoms with van der Waals surface area (Å²) in [5.41, 5.74) is -0.0923. The second-order valence-corrected chi connectivity index (χ2v) is 6.66. The molecule has 26 heavy (non-hydrogen) atoms. The molecule has 1 saturated heterocycles. The van der Waals surface area contributed by atoms with Crippen molar-refractivity contribution in [2.24, 2.45) is 0 Å². The summed E-state index contributed by atoms with van der Waals surface area (Å²) >= 11 is 0. The molecule has 4 nitrogen and oxygen atoms in total. The molecule has 1 aromatic heterocycles. The number of para-hydroxylation sites is 1. The summed E-state index contributed by atoms with van der Waals surface area (Å²) in [5, 5.41) is 11.1. The van der Waals surface area contributed by atoms with Crippen molar-refractivity contribution >= 4 is 0 Å². The largest absolute Gasteiger partial charge is 0.573 e. The van der Waals surface area contributed by atoms with Crippen molar-refractivity contribution in [2.75, 3.05) is 20.1 Å². The molecule has 1 aliphatic heterocycles. The number of aliphatic hydroxyl groups excluding tert-OH is 1. The Morgan fingerprint density at radius 2 is 1.77 bits per heavy atom. The highest BCUT2D eigenvalue weighted by atomic mass is 19.4. The topological polar surface area (TPSA) is 45.6 Å². The standard InChI is InChI=1S/C19H21F3N2O2/c1-24-12-9-18(10-13-24,17(25)15-7-4-5-11-23-15)14-6-2-3-8-16(14)26-19(20,21)22/h2-8,11,17,25H,9-10,12-13H2,1H3. The summed E-state index contributed by atoms with van der Waals surface area (Å²) in [7, 11) is 1.95. The Labute approximate surface area is 150 Å². The fraction of sp³-hybridized carbons (Fsp3) is 0.421. The smallest absolute Gasteiger partial charge is 0.405 e. The molecule has 140 valence electrons. The van der Waals surface area contributed by atoms with Crippen LogP contribution < -0.4 is 4.74 Å². The summed E-state index contributed by atoms with van der Waals surface area (Å²) < 4.78 is 43.0. The van der Waals surface area contributed by atoms with Gasteiger partial charge < -0.3 is 14.7 Å². The molecule has 1 aliphatic rings. The van der Waals surface area contributed by atoms with Crippen LogP contribution in [0, 0.1) is 0 Å². The Morgan fingerprint density at radius 3 is 2.38 bits per heavy atom. The number of benzene rings is 1. The first kappa shape index (κ1) is 18.7. The minimum absolute atomic E-state index is 0.264. The maximum Gasteiger partial charge on any atom is 0.573 e. The third-order valence-electron chi connectivity index (χ3n) is 5.02. The lowest BCUT2D eigenvalue weighted by Gasteiger charge is -2.44. The number of alkyl halides is 3. The summed E-state index contributed by atoms with van der Waals surface area (Å²) in [6.07, 6.45) is -3.26. The molecule has 1 N–H and O–H groups in total. The molecule has 0 aliphatic carbocycles. The summed E-state index contributed by atoms with van der Waals surface area (Å²) in [6, 6.07) is 11.3. The summed E-state index contributed by atoms with van der Waals surface area (Å²) in [4.78, 5) is 6.31. The van der Waals surface area contributed by atoms with Crippen LogP contribution in [0.4, 0.5) is 13.2 Å². The number of ether oxygens (including phenoxy) is 1. The van der Waals surface area contributed by atoms with Gasteiger partial charge in [0.2, 0.25) is 0 Å². The van der Waals surface area contributed by atoms with Gasteiger partial charge in [-0.25, -0.2) is 0 Å². The maximum atomic E-state index is 12.9. The van der Waals surface area contributed by atoms with Gasteiger partial charge in [-0.15, -0.1) is 13.2 Å². The highest BCUT2D eigenvalue weighted by molar-refractivity contribution is 5.42. The SMILES string of the molecule is CN1CCC(c2ccccc2OC(F)(F)F)(C(O)c2ccccn2)CC1. The molecule has 0 spiro atoms. The number of rotatable bonds is 4. The molecule has 2 heterocycles. The van der Waals surface area contributed by atoms with Crippen molar-refractivity contribution < 1.29 is 23.0 Å². The zero-order valence-corrected chi connectivity index (χ0v) is 14.4. The van der Waals surface area contributed by atoms with Crippen LogP contribution in [-0.4, -0.2) is 41.5 Å². The Kier molecular flexibility index (Phi) is 5.20. The Bertz CT molecular complexity index is 729. The zero-order chi connectivity index (χ0) is 18.8. The van der Waals surface area contributed by atoms with Crippen molar-refractivity contribution in [1.82, 2.24) is 9.88 Å². The first-order chi connectivity index (χ1) is 12.3. The fourth-order valence-corrected chi connectivity index (χ4v) is 3.62. The lowest BCUT2D eigenvalue weighted by atomic mass is 9.67. The average molecular weight is 366 g/mol. The van der Waals surface area contributed by atoms with Gasteiger partial charge in [-0.1, -0.05) is 24.3 Å². The molecule has 7 heteroatoms. The van der Waals surface area contributed by atoms with Crippen LogP contribution in [0.15, 0.2) is 48.7 Å². The minimum Gasteiger partial charge on any atom is -0.405 e. The number of aliphatic hydroxyl groups is 1. The number of likely N-dealkylation sites (tertiary alicyclic amines) is 1. The first-order valence-electron chi connectivity index (χ1n) is 8.45. The molecule has 0 saturated carbocycles. The van der Waals surface area contributed by atoms with Gasteiger partial charge in [0.25, 0.3) is 0 Å². The van der Waals surface area contributed by atoms with E-state index in [0.717, 1.165) is 0 Å². The summed E-state index contributed by atoms with van der Waals surface area (Å²) in [6.45, 7) is 1.31. The van der Waals surface area contributed by atoms with E-state index in [9.17, 15) is 18.3 Å². The van der Waals surface area contributed by atoms with E-state index >= 15 is 0 Å². The van der Waals surface area contributed by atoms with Crippen LogP contribution in [0.25, 0.3) is 0 Å². The highest BCUT2D eigenvalue weighted by Crippen LogP contribution is 2.48. The van der Waals surface area contributed by atoms with Crippen LogP contribution in [0.3, 0.4) is 0 Å². The molecule has 0 amide bonds. The molecule has 1 unspecified atom stereocenters. The number of hydrogen-bond donors (Lipinski definition) is 1. The van der Waals surface area contributed by atoms with Crippen molar-refractivity contribution in [1.29, 1.82) is 0 Å². The fourth-order valence-electron chi connectivity index (χ4n) is 3.62. The number of pyridine rings is 1. The molecule has 2 aromatic rings. The van der Waals surface area contributed by atoms with E-state index in [1.54, 1.807) is 36.5 Å². The van der Waals surface area contributed by atoms with Crippen LogP contribution >= 0.6 is 0 Å². The normalized spacial score (nSPS) is 19.1. The Balaban J connectivity index is 2.08. The number of piperidine rings is 1. The monoisotopic (exact) mass is 366 g/mol. The highest BCUT2D eigenvalue weighted by Gasteiger charge is 2.46. The number of hydrogen-bond acceptors (Lipinski definition) is 4. The molecule has 1 atom stereocenters. The third-order valence-corrected chi connectivity index (χ3v) is 5.02. The third kappa shape index (κ3) is 3.83. The lowest BCUT2D eigenvalue weighted by Crippen LogP contribution is -2.45. The molecular formula is C19H21F3N2O2. The van der Waals surface area contributed by atoms with Gasteiger partial charge in [-0.05, 0) is 51.2 Å². The van der Waals surface area contributed by atoms with Crippen molar-refractivity contribution in [2.45, 2.75) is 30.7 Å². The predicted octanol–water partition coefficient (Wildman–Crippen LogP) is 3.68. The second-order valence-electron chi connectivity index (χ2n) is 6.66. The predicted molar refractivity (Wildman–Crippen MR) is 90.7 cm³/mol. The van der Waals surface area contributed by atoms with E-state index in [2.05, 4.69) is 14.6 Å². The number of halogens is 3. The number of aromatic nitrogens is 1. The molecule has 0 radical (unpaired) electrons. The van der Waals surface area contributed by atoms with Crippen molar-refractivity contribution in [3.8, 4) is 5.75 Å². The van der Waals surface area contributed by atoms with Gasteiger partial charge in [-0.3, -0.25) is 4.98 Å². The number of nitrogens with zero attached hydrogens (tertiary/aromatic N) is 2. The first-order valence-corrected chi connectivity index (χ1v) is 8.45. The van der Waals surface area contributed by atoms with Crippen LogP contribution in [0.1, 0.15) is 30.2 Å². The molecule has 1 aromatic carbocycles. The van der Waals surface area contributed by atoms with E-state index in [-0.39, 0.29) is 5.75 Å². The van der Waals surface area contributed by atoms with E-state index in [1.165, 1.54) is 12.1 Å². The Hall–Kier alpha value is -2.12. The molecule has 1 fully saturated rings. The van der Waals surface area contributed by atoms with Gasteiger partial charge in [0, 0.05) is 17.2 Å². The van der Waals surface area contributed by atoms with E-state index in [0.29, 0.717) is 37.2 Å². The molecular weight excluding hydrogens is 345 g/mol. The maximum absolute atomic E-state index is 12.9. The van der Waals surface area contributed by atoms with E-state index in [1.807, 2.05) is 7.05 Å². The van der Waals surface area contributed by atoms with Crippen molar-refractivity contribution in [3.63, 3.8) is 0 Å². The van der Waals surface area contributed by atoms with Crippen LogP contribution in [0.2, 0.25) is 0 Å². The minimum atomic E-state index is -4.79. The van der Waals surface area contributed by atoms with Gasteiger partial charge in [-0.2, -0.15) is 0 Å². The molecule has 0 bridgehead atoms. The van der Waals surface area contributed by atoms with Gasteiger partial charge in [0.15, 0.2) is 0 Å². The Morgan fingerprint density at radius 1 is 1.12 bits per heavy atom. The van der Waals surface area contributed by atoms with Crippen molar-refractivity contribution in [3.05, 3.63) is 59.9 Å². The quantitative estimate of drug-likeness (QED) is 0.897. The lowest BCUT2D eigenvalue weighted by molar-refractivity contribution is -0.275.